The molecule has 1 aromatic carbocycles. The molecule has 0 bridgehead atoms. The average Bonchev–Trinajstić information content (AvgIpc) is 2.85. The molecular weight excluding hydrogens is 236 g/mol. The lowest BCUT2D eigenvalue weighted by Gasteiger charge is -2.14. The monoisotopic (exact) mass is 256 g/mol. The maximum Gasteiger partial charge on any atom is 0.119 e. The second-order valence-corrected chi connectivity index (χ2v) is 5.45. The largest absolute Gasteiger partial charge is 0.497 e. The third-order valence-corrected chi connectivity index (χ3v) is 3.80. The highest BCUT2D eigenvalue weighted by Crippen LogP contribution is 2.40. The molecule has 0 spiro atoms. The molecular formula is C16H20N2O. The van der Waals surface area contributed by atoms with Crippen molar-refractivity contribution in [3.63, 3.8) is 0 Å². The minimum atomic E-state index is 0.164. The second kappa shape index (κ2) is 4.42. The number of benzene rings is 1. The summed E-state index contributed by atoms with van der Waals surface area (Å²) in [7, 11) is 1.71. The third-order valence-electron chi connectivity index (χ3n) is 3.80. The van der Waals surface area contributed by atoms with Crippen LogP contribution in [0.1, 0.15) is 23.7 Å². The molecule has 0 saturated heterocycles. The van der Waals surface area contributed by atoms with E-state index in [1.165, 1.54) is 28.1 Å². The lowest BCUT2D eigenvalue weighted by Crippen LogP contribution is -2.23. The van der Waals surface area contributed by atoms with Crippen LogP contribution in [-0.4, -0.2) is 17.7 Å². The van der Waals surface area contributed by atoms with Crippen molar-refractivity contribution in [3.8, 4) is 17.0 Å². The quantitative estimate of drug-likeness (QED) is 0.782. The predicted octanol–water partition coefficient (Wildman–Crippen LogP) is 2.72. The fraction of sp³-hybridized carbons (Fsp3) is 0.375. The molecule has 100 valence electrons. The van der Waals surface area contributed by atoms with Gasteiger partial charge in [0.1, 0.15) is 5.75 Å². The van der Waals surface area contributed by atoms with Crippen LogP contribution in [0.15, 0.2) is 24.3 Å². The van der Waals surface area contributed by atoms with Gasteiger partial charge in [-0.1, -0.05) is 0 Å². The summed E-state index contributed by atoms with van der Waals surface area (Å²) in [6.45, 7) is 5.08. The first kappa shape index (κ1) is 12.3. The van der Waals surface area contributed by atoms with E-state index in [1.54, 1.807) is 7.11 Å². The summed E-state index contributed by atoms with van der Waals surface area (Å²) in [6, 6.07) is 8.78. The zero-order chi connectivity index (χ0) is 13.6. The highest BCUT2D eigenvalue weighted by Gasteiger charge is 2.24. The molecule has 19 heavy (non-hydrogen) atoms. The topological polar surface area (TPSA) is 40.2 Å². The summed E-state index contributed by atoms with van der Waals surface area (Å²) in [5.74, 6) is 0.930. The predicted molar refractivity (Wildman–Crippen MR) is 77.6 cm³/mol. The molecule has 3 nitrogen and oxygen atoms in total. The van der Waals surface area contributed by atoms with E-state index in [0.717, 1.165) is 18.7 Å². The van der Waals surface area contributed by atoms with Gasteiger partial charge >= 0.3 is 0 Å². The molecule has 3 rings (SSSR count). The summed E-state index contributed by atoms with van der Waals surface area (Å²) in [4.78, 5) is 0. The molecule has 2 N–H and O–H groups in total. The van der Waals surface area contributed by atoms with E-state index in [0.29, 0.717) is 0 Å². The Labute approximate surface area is 114 Å². The lowest BCUT2D eigenvalue weighted by atomic mass is 10.1. The second-order valence-electron chi connectivity index (χ2n) is 5.45. The summed E-state index contributed by atoms with van der Waals surface area (Å²) >= 11 is 0. The van der Waals surface area contributed by atoms with Gasteiger partial charge in [-0.3, -0.25) is 0 Å². The van der Waals surface area contributed by atoms with E-state index in [-0.39, 0.29) is 6.04 Å². The first-order chi connectivity index (χ1) is 9.10. The highest BCUT2D eigenvalue weighted by atomic mass is 16.5. The molecule has 0 saturated carbocycles. The van der Waals surface area contributed by atoms with E-state index in [9.17, 15) is 0 Å². The Bertz CT molecular complexity index is 626. The molecule has 0 radical (unpaired) electrons. The summed E-state index contributed by atoms with van der Waals surface area (Å²) < 4.78 is 7.65. The van der Waals surface area contributed by atoms with Crippen LogP contribution in [-0.2, 0) is 13.0 Å². The van der Waals surface area contributed by atoms with Crippen LogP contribution in [0, 0.1) is 6.92 Å². The normalized spacial score (nSPS) is 14.1. The van der Waals surface area contributed by atoms with Crippen LogP contribution in [0.25, 0.3) is 11.3 Å². The fourth-order valence-electron chi connectivity index (χ4n) is 3.00. The minimum Gasteiger partial charge on any atom is -0.497 e. The van der Waals surface area contributed by atoms with Gasteiger partial charge in [-0.05, 0) is 49.2 Å². The average molecular weight is 256 g/mol. The zero-order valence-electron chi connectivity index (χ0n) is 11.7. The maximum atomic E-state index is 5.97. The molecule has 0 unspecified atom stereocenters. The van der Waals surface area contributed by atoms with Crippen LogP contribution < -0.4 is 10.5 Å². The Morgan fingerprint density at radius 2 is 2.11 bits per heavy atom. The number of hydrogen-bond donors (Lipinski definition) is 1. The molecule has 1 heterocycles. The first-order valence-electron chi connectivity index (χ1n) is 6.72. The molecule has 1 atom stereocenters. The Morgan fingerprint density at radius 1 is 1.32 bits per heavy atom. The van der Waals surface area contributed by atoms with Crippen molar-refractivity contribution in [2.75, 3.05) is 7.11 Å². The summed E-state index contributed by atoms with van der Waals surface area (Å²) in [5, 5.41) is 0. The molecule has 2 aromatic rings. The smallest absolute Gasteiger partial charge is 0.119 e. The van der Waals surface area contributed by atoms with Crippen molar-refractivity contribution in [2.24, 2.45) is 5.73 Å². The summed E-state index contributed by atoms with van der Waals surface area (Å²) in [5.41, 5.74) is 12.7. The van der Waals surface area contributed by atoms with Gasteiger partial charge in [0.05, 0.1) is 12.8 Å². The summed E-state index contributed by atoms with van der Waals surface area (Å²) in [6.07, 6.45) is 0.995. The van der Waals surface area contributed by atoms with Gasteiger partial charge in [0, 0.05) is 30.3 Å². The molecule has 1 aromatic heterocycles. The lowest BCUT2D eigenvalue weighted by molar-refractivity contribution is 0.414. The van der Waals surface area contributed by atoms with Crippen LogP contribution in [0.2, 0.25) is 0 Å². The number of rotatable bonds is 3. The Balaban J connectivity index is 2.11. The molecule has 3 heteroatoms. The minimum absolute atomic E-state index is 0.164. The molecule has 0 fully saturated rings. The van der Waals surface area contributed by atoms with E-state index >= 15 is 0 Å². The van der Waals surface area contributed by atoms with Gasteiger partial charge in [0.25, 0.3) is 0 Å². The number of methoxy groups -OCH3 is 1. The number of aromatic nitrogens is 1. The third kappa shape index (κ3) is 1.94. The fourth-order valence-corrected chi connectivity index (χ4v) is 3.00. The van der Waals surface area contributed by atoms with Gasteiger partial charge < -0.3 is 15.0 Å². The van der Waals surface area contributed by atoms with E-state index < -0.39 is 0 Å². The van der Waals surface area contributed by atoms with E-state index in [1.807, 2.05) is 6.07 Å². The number of hydrogen-bond acceptors (Lipinski definition) is 2. The van der Waals surface area contributed by atoms with Crippen molar-refractivity contribution in [1.82, 2.24) is 4.57 Å². The standard InChI is InChI=1S/C16H20N2O/c1-10(17)9-18-11(2)6-13-7-12-8-14(19-3)4-5-15(12)16(13)18/h4-6,8,10H,7,9,17H2,1-3H3/t10-/m0/s1. The van der Waals surface area contributed by atoms with E-state index in [2.05, 4.69) is 36.6 Å². The Morgan fingerprint density at radius 3 is 2.79 bits per heavy atom. The van der Waals surface area contributed by atoms with Crippen LogP contribution in [0.4, 0.5) is 0 Å². The molecule has 1 aliphatic carbocycles. The van der Waals surface area contributed by atoms with E-state index in [4.69, 9.17) is 10.5 Å². The number of aryl methyl sites for hydroxylation is 1. The highest BCUT2D eigenvalue weighted by molar-refractivity contribution is 5.76. The SMILES string of the molecule is COc1ccc2c(c1)Cc1cc(C)n(C[C@H](C)N)c1-2. The number of nitrogens with two attached hydrogens (primary N) is 1. The van der Waals surface area contributed by atoms with Gasteiger partial charge in [-0.2, -0.15) is 0 Å². The van der Waals surface area contributed by atoms with Crippen molar-refractivity contribution >= 4 is 0 Å². The Kier molecular flexibility index (Phi) is 2.86. The molecule has 1 aliphatic rings. The number of nitrogens with zero attached hydrogens (tertiary/aromatic N) is 1. The first-order valence-corrected chi connectivity index (χ1v) is 6.72. The van der Waals surface area contributed by atoms with Crippen molar-refractivity contribution < 1.29 is 4.74 Å². The van der Waals surface area contributed by atoms with Gasteiger partial charge in [-0.15, -0.1) is 0 Å². The van der Waals surface area contributed by atoms with Gasteiger partial charge in [0.15, 0.2) is 0 Å². The maximum absolute atomic E-state index is 5.97. The van der Waals surface area contributed by atoms with Crippen molar-refractivity contribution in [1.29, 1.82) is 0 Å². The molecule has 0 aliphatic heterocycles. The Hall–Kier alpha value is -1.74. The number of ether oxygens (including phenoxy) is 1. The van der Waals surface area contributed by atoms with Crippen molar-refractivity contribution in [2.45, 2.75) is 32.9 Å². The van der Waals surface area contributed by atoms with Gasteiger partial charge in [-0.25, -0.2) is 0 Å². The van der Waals surface area contributed by atoms with Crippen LogP contribution >= 0.6 is 0 Å². The van der Waals surface area contributed by atoms with Crippen LogP contribution in [0.3, 0.4) is 0 Å². The van der Waals surface area contributed by atoms with Crippen molar-refractivity contribution in [3.05, 3.63) is 41.1 Å². The number of fused-ring (bicyclic) bond motifs is 3. The molecule has 0 amide bonds. The van der Waals surface area contributed by atoms with Crippen LogP contribution in [0.5, 0.6) is 5.75 Å². The zero-order valence-corrected chi connectivity index (χ0v) is 11.7. The van der Waals surface area contributed by atoms with Gasteiger partial charge in [0.2, 0.25) is 0 Å².